The van der Waals surface area contributed by atoms with Gasteiger partial charge in [0.05, 0.1) is 6.04 Å². The van der Waals surface area contributed by atoms with Crippen LogP contribution in [0.25, 0.3) is 21.2 Å². The maximum atomic E-state index is 14.3. The van der Waals surface area contributed by atoms with Crippen molar-refractivity contribution in [3.63, 3.8) is 0 Å². The summed E-state index contributed by atoms with van der Waals surface area (Å²) in [4.78, 5) is 70.9. The maximum absolute atomic E-state index is 14.3. The van der Waals surface area contributed by atoms with Crippen LogP contribution >= 0.6 is 0 Å². The second-order valence-corrected chi connectivity index (χ2v) is 12.8. The first-order valence-electron chi connectivity index (χ1n) is 16.0. The summed E-state index contributed by atoms with van der Waals surface area (Å²) < 4.78 is 0. The van der Waals surface area contributed by atoms with Gasteiger partial charge in [-0.25, -0.2) is 0 Å². The van der Waals surface area contributed by atoms with Crippen molar-refractivity contribution in [3.05, 3.63) is 58.5 Å². The van der Waals surface area contributed by atoms with E-state index in [-0.39, 0.29) is 31.7 Å². The maximum Gasteiger partial charge on any atom is 0.287 e. The molecule has 238 valence electrons. The predicted molar refractivity (Wildman–Crippen MR) is 168 cm³/mol. The minimum atomic E-state index is -1.43. The lowest BCUT2D eigenvalue weighted by atomic mass is 9.78. The first kappa shape index (κ1) is 32.0. The molecule has 3 aliphatic rings. The quantitative estimate of drug-likeness (QED) is 0.157. The number of ketones is 1. The Labute approximate surface area is 262 Å². The monoisotopic (exact) mass is 615 g/mol. The molecule has 5 rings (SSSR count). The topological polar surface area (TPSA) is 187 Å². The summed E-state index contributed by atoms with van der Waals surface area (Å²) >= 11 is 0. The van der Waals surface area contributed by atoms with Gasteiger partial charge in [0.2, 0.25) is 17.6 Å². The van der Waals surface area contributed by atoms with Crippen molar-refractivity contribution in [3.8, 4) is 0 Å². The summed E-state index contributed by atoms with van der Waals surface area (Å²) in [6.45, 7) is -0.00917. The van der Waals surface area contributed by atoms with Gasteiger partial charge in [-0.3, -0.25) is 24.0 Å². The van der Waals surface area contributed by atoms with Crippen molar-refractivity contribution in [1.82, 2.24) is 15.5 Å². The molecule has 1 heterocycles. The molecule has 0 bridgehead atoms. The molecule has 2 aromatic rings. The van der Waals surface area contributed by atoms with Crippen molar-refractivity contribution in [2.45, 2.75) is 101 Å². The number of hydrogen-bond donors (Lipinski definition) is 3. The van der Waals surface area contributed by atoms with Crippen LogP contribution in [0, 0.1) is 5.92 Å². The van der Waals surface area contributed by atoms with E-state index in [1.54, 1.807) is 12.1 Å². The molecular formula is C33H41N7O5. The highest BCUT2D eigenvalue weighted by Gasteiger charge is 2.48. The van der Waals surface area contributed by atoms with E-state index in [0.29, 0.717) is 24.8 Å². The Balaban J connectivity index is 1.41. The van der Waals surface area contributed by atoms with Crippen molar-refractivity contribution in [2.75, 3.05) is 6.54 Å². The largest absolute Gasteiger partial charge is 0.363 e. The first-order chi connectivity index (χ1) is 21.7. The van der Waals surface area contributed by atoms with Crippen molar-refractivity contribution >= 4 is 40.2 Å². The lowest BCUT2D eigenvalue weighted by Gasteiger charge is -2.38. The number of hydrogen-bond acceptors (Lipinski definition) is 6. The SMILES string of the molecule is [N-]=[N+]=NC1CC(C(=O)NC2(C(=O)C(N)=O)CCCCC2)N(C(=O)C(CC2CCCCC2)NC(=O)c2ccc3ccccc3c2)C1. The van der Waals surface area contributed by atoms with Gasteiger partial charge in [-0.05, 0) is 60.0 Å². The fourth-order valence-corrected chi connectivity index (χ4v) is 7.33. The lowest BCUT2D eigenvalue weighted by molar-refractivity contribution is -0.145. The number of carbonyl (C=O) groups excluding carboxylic acids is 5. The molecule has 0 radical (unpaired) electrons. The van der Waals surface area contributed by atoms with Gasteiger partial charge in [-0.15, -0.1) is 0 Å². The zero-order chi connectivity index (χ0) is 32.0. The fraction of sp³-hybridized carbons (Fsp3) is 0.545. The summed E-state index contributed by atoms with van der Waals surface area (Å²) in [6, 6.07) is 10.4. The van der Waals surface area contributed by atoms with Gasteiger partial charge < -0.3 is 21.3 Å². The molecule has 0 spiro atoms. The third-order valence-corrected chi connectivity index (χ3v) is 9.72. The number of Topliss-reactive ketones (excluding diaryl/α,β-unsaturated/α-hetero) is 1. The minimum absolute atomic E-state index is 0.00917. The van der Waals surface area contributed by atoms with E-state index in [1.165, 1.54) is 4.90 Å². The van der Waals surface area contributed by atoms with Gasteiger partial charge in [0.25, 0.3) is 11.8 Å². The Bertz CT molecular complexity index is 1510. The Hall–Kier alpha value is -4.44. The van der Waals surface area contributed by atoms with Crippen LogP contribution in [-0.2, 0) is 19.2 Å². The third-order valence-electron chi connectivity index (χ3n) is 9.72. The second-order valence-electron chi connectivity index (χ2n) is 12.8. The van der Waals surface area contributed by atoms with Gasteiger partial charge in [0, 0.05) is 17.0 Å². The van der Waals surface area contributed by atoms with Crippen LogP contribution in [0.2, 0.25) is 0 Å². The zero-order valence-corrected chi connectivity index (χ0v) is 25.5. The Morgan fingerprint density at radius 3 is 2.36 bits per heavy atom. The van der Waals surface area contributed by atoms with E-state index in [2.05, 4.69) is 20.7 Å². The number of primary amides is 1. The zero-order valence-electron chi connectivity index (χ0n) is 25.5. The summed E-state index contributed by atoms with van der Waals surface area (Å²) in [5.74, 6) is -3.18. The van der Waals surface area contributed by atoms with Crippen LogP contribution in [0.15, 0.2) is 47.6 Å². The minimum Gasteiger partial charge on any atom is -0.363 e. The molecule has 4 amide bonds. The first-order valence-corrected chi connectivity index (χ1v) is 16.0. The highest BCUT2D eigenvalue weighted by molar-refractivity contribution is 6.39. The predicted octanol–water partition coefficient (Wildman–Crippen LogP) is 4.06. The van der Waals surface area contributed by atoms with Gasteiger partial charge in [0.15, 0.2) is 0 Å². The summed E-state index contributed by atoms with van der Waals surface area (Å²) in [5.41, 5.74) is 13.5. The average molecular weight is 616 g/mol. The van der Waals surface area contributed by atoms with E-state index >= 15 is 0 Å². The van der Waals surface area contributed by atoms with Gasteiger partial charge in [-0.2, -0.15) is 0 Å². The number of amides is 4. The number of carbonyl (C=O) groups is 5. The molecule has 1 saturated heterocycles. The van der Waals surface area contributed by atoms with Crippen LogP contribution < -0.4 is 16.4 Å². The number of azide groups is 1. The van der Waals surface area contributed by atoms with Crippen LogP contribution in [-0.4, -0.2) is 64.5 Å². The number of rotatable bonds is 10. The van der Waals surface area contributed by atoms with Crippen molar-refractivity contribution in [2.24, 2.45) is 16.8 Å². The summed E-state index contributed by atoms with van der Waals surface area (Å²) in [7, 11) is 0. The Morgan fingerprint density at radius 1 is 0.978 bits per heavy atom. The number of fused-ring (bicyclic) bond motifs is 1. The highest BCUT2D eigenvalue weighted by Crippen LogP contribution is 2.32. The van der Waals surface area contributed by atoms with E-state index in [1.807, 2.05) is 30.3 Å². The molecule has 2 aromatic carbocycles. The van der Waals surface area contributed by atoms with E-state index < -0.39 is 53.1 Å². The van der Waals surface area contributed by atoms with Gasteiger partial charge >= 0.3 is 0 Å². The molecule has 45 heavy (non-hydrogen) atoms. The molecular weight excluding hydrogens is 574 g/mol. The van der Waals surface area contributed by atoms with Crippen molar-refractivity contribution < 1.29 is 24.0 Å². The lowest BCUT2D eigenvalue weighted by Crippen LogP contribution is -2.62. The van der Waals surface area contributed by atoms with E-state index in [9.17, 15) is 24.0 Å². The second kappa shape index (κ2) is 14.1. The molecule has 2 saturated carbocycles. The number of nitrogens with two attached hydrogens (primary N) is 1. The fourth-order valence-electron chi connectivity index (χ4n) is 7.33. The number of likely N-dealkylation sites (tertiary alicyclic amines) is 1. The van der Waals surface area contributed by atoms with E-state index in [4.69, 9.17) is 11.3 Å². The average Bonchev–Trinajstić information content (AvgIpc) is 3.48. The molecule has 3 atom stereocenters. The van der Waals surface area contributed by atoms with Crippen LogP contribution in [0.3, 0.4) is 0 Å². The number of benzene rings is 2. The summed E-state index contributed by atoms with van der Waals surface area (Å²) in [5, 5.41) is 11.5. The van der Waals surface area contributed by atoms with Crippen molar-refractivity contribution in [1.29, 1.82) is 0 Å². The van der Waals surface area contributed by atoms with Gasteiger partial charge in [0.1, 0.15) is 17.6 Å². The highest BCUT2D eigenvalue weighted by atomic mass is 16.2. The molecule has 2 aliphatic carbocycles. The molecule has 12 heteroatoms. The normalized spacial score (nSPS) is 22.2. The van der Waals surface area contributed by atoms with Crippen LogP contribution in [0.1, 0.15) is 87.4 Å². The Kier molecular flexibility index (Phi) is 10.0. The molecule has 3 fully saturated rings. The smallest absolute Gasteiger partial charge is 0.287 e. The molecule has 1 aliphatic heterocycles. The van der Waals surface area contributed by atoms with Gasteiger partial charge in [-0.1, -0.05) is 86.8 Å². The number of nitrogens with zero attached hydrogens (tertiary/aromatic N) is 4. The number of nitrogens with one attached hydrogen (secondary N) is 2. The molecule has 0 aromatic heterocycles. The Morgan fingerprint density at radius 2 is 1.67 bits per heavy atom. The van der Waals surface area contributed by atoms with Crippen LogP contribution in [0.4, 0.5) is 0 Å². The standard InChI is InChI=1S/C33H41N7O5/c34-29(42)28(41)33(15-7-2-8-16-33)37-31(44)27-19-25(38-39-35)20-40(27)32(45)26(17-21-9-3-1-4-10-21)36-30(43)24-14-13-22-11-5-6-12-23(22)18-24/h5-6,11-14,18,21,25-27H,1-4,7-10,15-17,19-20H2,(H2,34,42)(H,36,43)(H,37,44). The van der Waals surface area contributed by atoms with Crippen LogP contribution in [0.5, 0.6) is 0 Å². The third kappa shape index (κ3) is 7.28. The summed E-state index contributed by atoms with van der Waals surface area (Å²) in [6.07, 6.45) is 8.26. The van der Waals surface area contributed by atoms with E-state index in [0.717, 1.165) is 49.3 Å². The molecule has 3 unspecified atom stereocenters. The molecule has 12 nitrogen and oxygen atoms in total. The molecule has 4 N–H and O–H groups in total.